The number of carboxylic acids is 1. The molecule has 1 unspecified atom stereocenters. The summed E-state index contributed by atoms with van der Waals surface area (Å²) < 4.78 is 0. The first-order chi connectivity index (χ1) is 12.9. The largest absolute Gasteiger partial charge is 0.481 e. The molecule has 27 heavy (non-hydrogen) atoms. The molecule has 0 saturated carbocycles. The number of carbonyl (C=O) groups excluding carboxylic acids is 1. The predicted molar refractivity (Wildman–Crippen MR) is 106 cm³/mol. The van der Waals surface area contributed by atoms with Gasteiger partial charge in [0, 0.05) is 29.8 Å². The number of aromatic nitrogens is 1. The maximum absolute atomic E-state index is 11.8. The average molecular weight is 385 g/mol. The van der Waals surface area contributed by atoms with Crippen LogP contribution in [-0.2, 0) is 9.59 Å². The lowest BCUT2D eigenvalue weighted by Gasteiger charge is -2.42. The number of nitrogens with zero attached hydrogens (tertiary/aromatic N) is 2. The number of nitrogens with one attached hydrogen (secondary N) is 1. The van der Waals surface area contributed by atoms with Gasteiger partial charge in [-0.25, -0.2) is 4.98 Å². The lowest BCUT2D eigenvalue weighted by molar-refractivity contribution is -0.144. The molecule has 0 radical (unpaired) electrons. The van der Waals surface area contributed by atoms with Gasteiger partial charge in [0.25, 0.3) is 0 Å². The van der Waals surface area contributed by atoms with Gasteiger partial charge < -0.3 is 15.3 Å². The zero-order chi connectivity index (χ0) is 19.2. The molecule has 2 saturated heterocycles. The highest BCUT2D eigenvalue weighted by Gasteiger charge is 2.51. The maximum atomic E-state index is 11.8. The molecule has 1 atom stereocenters. The second kappa shape index (κ2) is 6.71. The molecule has 2 aliphatic rings. The smallest absolute Gasteiger partial charge is 0.309 e. The van der Waals surface area contributed by atoms with Gasteiger partial charge in [0.1, 0.15) is 5.82 Å². The van der Waals surface area contributed by atoms with Crippen molar-refractivity contribution >= 4 is 40.4 Å². The van der Waals surface area contributed by atoms with Crippen LogP contribution in [0.4, 0.5) is 5.82 Å². The van der Waals surface area contributed by atoms with E-state index in [2.05, 4.69) is 47.7 Å². The van der Waals surface area contributed by atoms with Gasteiger partial charge in [-0.3, -0.25) is 9.59 Å². The van der Waals surface area contributed by atoms with E-state index in [1.54, 1.807) is 11.8 Å². The Morgan fingerprint density at radius 3 is 2.74 bits per heavy atom. The van der Waals surface area contributed by atoms with Gasteiger partial charge in [-0.15, -0.1) is 11.8 Å². The van der Waals surface area contributed by atoms with Gasteiger partial charge in [-0.2, -0.15) is 0 Å². The van der Waals surface area contributed by atoms with Gasteiger partial charge >= 0.3 is 5.97 Å². The van der Waals surface area contributed by atoms with E-state index in [1.807, 2.05) is 0 Å². The normalized spacial score (nSPS) is 21.6. The van der Waals surface area contributed by atoms with Gasteiger partial charge in [-0.1, -0.05) is 6.07 Å². The Morgan fingerprint density at radius 2 is 2.07 bits per heavy atom. The van der Waals surface area contributed by atoms with E-state index in [1.165, 1.54) is 10.5 Å². The summed E-state index contributed by atoms with van der Waals surface area (Å²) >= 11 is 1.70. The quantitative estimate of drug-likeness (QED) is 0.791. The van der Waals surface area contributed by atoms with Crippen LogP contribution >= 0.6 is 11.8 Å². The minimum absolute atomic E-state index is 0.0835. The van der Waals surface area contributed by atoms with Crippen LogP contribution in [0.1, 0.15) is 24.8 Å². The van der Waals surface area contributed by atoms with E-state index in [9.17, 15) is 14.7 Å². The molecular weight excluding hydrogens is 362 g/mol. The molecular formula is C20H23N3O3S. The van der Waals surface area contributed by atoms with E-state index < -0.39 is 17.4 Å². The maximum Gasteiger partial charge on any atom is 0.309 e. The summed E-state index contributed by atoms with van der Waals surface area (Å²) in [7, 11) is 0. The van der Waals surface area contributed by atoms with Gasteiger partial charge in [0.05, 0.1) is 17.0 Å². The number of pyridine rings is 1. The molecule has 4 rings (SSSR count). The lowest BCUT2D eigenvalue weighted by atomic mass is 9.77. The fraction of sp³-hybridized carbons (Fsp3) is 0.450. The van der Waals surface area contributed by atoms with E-state index >= 15 is 0 Å². The monoisotopic (exact) mass is 385 g/mol. The number of hydrogen-bond acceptors (Lipinski definition) is 5. The van der Waals surface area contributed by atoms with Crippen molar-refractivity contribution in [3.05, 3.63) is 29.8 Å². The zero-order valence-electron chi connectivity index (χ0n) is 15.5. The fourth-order valence-electron chi connectivity index (χ4n) is 4.38. The Kier molecular flexibility index (Phi) is 4.50. The number of piperidine rings is 1. The number of aryl methyl sites for hydroxylation is 1. The van der Waals surface area contributed by atoms with Crippen molar-refractivity contribution in [1.29, 1.82) is 0 Å². The van der Waals surface area contributed by atoms with Crippen LogP contribution < -0.4 is 10.2 Å². The van der Waals surface area contributed by atoms with Crippen molar-refractivity contribution in [3.63, 3.8) is 0 Å². The Morgan fingerprint density at radius 1 is 1.33 bits per heavy atom. The number of benzene rings is 1. The highest BCUT2D eigenvalue weighted by molar-refractivity contribution is 7.98. The van der Waals surface area contributed by atoms with Crippen LogP contribution in [0.3, 0.4) is 0 Å². The molecule has 2 aliphatic heterocycles. The summed E-state index contributed by atoms with van der Waals surface area (Å²) in [6, 6.07) is 8.44. The zero-order valence-corrected chi connectivity index (χ0v) is 16.3. The van der Waals surface area contributed by atoms with Crippen molar-refractivity contribution in [2.75, 3.05) is 24.2 Å². The van der Waals surface area contributed by atoms with Crippen LogP contribution in [-0.4, -0.2) is 46.9 Å². The van der Waals surface area contributed by atoms with Crippen LogP contribution in [0.25, 0.3) is 10.9 Å². The van der Waals surface area contributed by atoms with E-state index in [0.29, 0.717) is 25.9 Å². The minimum atomic E-state index is -0.883. The molecule has 1 aromatic heterocycles. The van der Waals surface area contributed by atoms with E-state index in [0.717, 1.165) is 16.7 Å². The van der Waals surface area contributed by atoms with Crippen LogP contribution in [0.5, 0.6) is 0 Å². The van der Waals surface area contributed by atoms with Crippen molar-refractivity contribution in [2.24, 2.45) is 5.92 Å². The molecule has 1 aromatic carbocycles. The number of amides is 1. The van der Waals surface area contributed by atoms with Crippen LogP contribution in [0.15, 0.2) is 29.2 Å². The van der Waals surface area contributed by atoms with Crippen LogP contribution in [0.2, 0.25) is 0 Å². The van der Waals surface area contributed by atoms with Crippen molar-refractivity contribution in [2.45, 2.75) is 36.6 Å². The van der Waals surface area contributed by atoms with E-state index in [-0.39, 0.29) is 12.3 Å². The fourth-order valence-corrected chi connectivity index (χ4v) is 4.82. The molecule has 1 amide bonds. The number of rotatable bonds is 3. The Bertz CT molecular complexity index is 922. The average Bonchev–Trinajstić information content (AvgIpc) is 2.97. The topological polar surface area (TPSA) is 82.5 Å². The Balaban J connectivity index is 1.59. The second-order valence-electron chi connectivity index (χ2n) is 7.47. The molecule has 3 heterocycles. The summed E-state index contributed by atoms with van der Waals surface area (Å²) in [5.41, 5.74) is 1.55. The first-order valence-corrected chi connectivity index (χ1v) is 10.4. The summed E-state index contributed by atoms with van der Waals surface area (Å²) in [6.45, 7) is 3.46. The Hall–Kier alpha value is -2.28. The van der Waals surface area contributed by atoms with Crippen molar-refractivity contribution in [3.8, 4) is 0 Å². The lowest BCUT2D eigenvalue weighted by Crippen LogP contribution is -2.55. The van der Waals surface area contributed by atoms with Crippen molar-refractivity contribution in [1.82, 2.24) is 10.3 Å². The van der Waals surface area contributed by atoms with Crippen molar-refractivity contribution < 1.29 is 14.7 Å². The number of hydrogen-bond donors (Lipinski definition) is 2. The summed E-state index contributed by atoms with van der Waals surface area (Å²) in [4.78, 5) is 31.7. The molecule has 6 nitrogen and oxygen atoms in total. The highest BCUT2D eigenvalue weighted by Crippen LogP contribution is 2.38. The van der Waals surface area contributed by atoms with Gasteiger partial charge in [0.2, 0.25) is 5.91 Å². The molecule has 0 bridgehead atoms. The summed E-state index contributed by atoms with van der Waals surface area (Å²) in [6.07, 6.45) is 3.38. The Labute approximate surface area is 162 Å². The number of anilines is 1. The molecule has 1 spiro atoms. The SMILES string of the molecule is CSc1ccc2c(C)cc(N3CCC4(CC3)NC(=O)CC4C(=O)O)nc2c1. The molecule has 2 aromatic rings. The molecule has 142 valence electrons. The third kappa shape index (κ3) is 3.14. The predicted octanol–water partition coefficient (Wildman–Crippen LogP) is 2.82. The first-order valence-electron chi connectivity index (χ1n) is 9.16. The minimum Gasteiger partial charge on any atom is -0.481 e. The van der Waals surface area contributed by atoms with Gasteiger partial charge in [-0.05, 0) is 49.8 Å². The highest BCUT2D eigenvalue weighted by atomic mass is 32.2. The number of thioether (sulfide) groups is 1. The number of carbonyl (C=O) groups is 2. The molecule has 2 N–H and O–H groups in total. The molecule has 7 heteroatoms. The molecule has 0 aliphatic carbocycles. The van der Waals surface area contributed by atoms with E-state index in [4.69, 9.17) is 4.98 Å². The third-order valence-electron chi connectivity index (χ3n) is 5.93. The van der Waals surface area contributed by atoms with Crippen LogP contribution in [0, 0.1) is 12.8 Å². The summed E-state index contributed by atoms with van der Waals surface area (Å²) in [5, 5.41) is 13.6. The molecule has 2 fully saturated rings. The number of fused-ring (bicyclic) bond motifs is 1. The summed E-state index contributed by atoms with van der Waals surface area (Å²) in [5.74, 6) is -0.752. The third-order valence-corrected chi connectivity index (χ3v) is 6.66. The standard InChI is InChI=1S/C20H23N3O3S/c1-12-9-17(21-16-10-13(27-2)3-4-14(12)16)23-7-5-20(6-8-23)15(19(25)26)11-18(24)22-20/h3-4,9-10,15H,5-8,11H2,1-2H3,(H,22,24)(H,25,26). The first kappa shape index (κ1) is 18.1. The number of carboxylic acid groups (broad SMARTS) is 1. The van der Waals surface area contributed by atoms with Gasteiger partial charge in [0.15, 0.2) is 0 Å². The second-order valence-corrected chi connectivity index (χ2v) is 8.35. The number of aliphatic carboxylic acids is 1.